The molecule has 11 atom stereocenters. The maximum absolute atomic E-state index is 14.2. The van der Waals surface area contributed by atoms with E-state index in [9.17, 15) is 24.0 Å². The number of ether oxygens (including phenoxy) is 2. The molecule has 0 bridgehead atoms. The van der Waals surface area contributed by atoms with Crippen LogP contribution in [0.3, 0.4) is 0 Å². The van der Waals surface area contributed by atoms with E-state index in [1.54, 1.807) is 0 Å². The van der Waals surface area contributed by atoms with Crippen molar-refractivity contribution in [3.05, 3.63) is 0 Å². The summed E-state index contributed by atoms with van der Waals surface area (Å²) in [6.45, 7) is 5.47. The number of unbranched alkanes of at least 4 members (excludes halogenated alkanes) is 9. The Morgan fingerprint density at radius 3 is 2.03 bits per heavy atom. The number of nitrogens with zero attached hydrogens (tertiary/aromatic N) is 3. The van der Waals surface area contributed by atoms with E-state index in [2.05, 4.69) is 27.9 Å². The van der Waals surface area contributed by atoms with E-state index >= 15 is 0 Å². The summed E-state index contributed by atoms with van der Waals surface area (Å²) >= 11 is 13.4. The highest BCUT2D eigenvalue weighted by atomic mass is 35.5. The van der Waals surface area contributed by atoms with Crippen LogP contribution in [-0.4, -0.2) is 106 Å². The van der Waals surface area contributed by atoms with Gasteiger partial charge in [0.15, 0.2) is 12.2 Å². The van der Waals surface area contributed by atoms with Crippen LogP contribution < -0.4 is 10.6 Å². The minimum absolute atomic E-state index is 0.0761. The molecule has 4 rings (SSSR count). The molecule has 4 aliphatic rings. The number of carbonyl (C=O) groups excluding carboxylic acids is 4. The first-order valence-corrected chi connectivity index (χ1v) is 22.7. The van der Waals surface area contributed by atoms with E-state index in [0.29, 0.717) is 32.1 Å². The second-order valence-corrected chi connectivity index (χ2v) is 17.8. The Morgan fingerprint density at radius 2 is 1.38 bits per heavy atom. The molecule has 3 N–H and O–H groups in total. The largest absolute Gasteiger partial charge is 0.479 e. The molecule has 0 aromatic rings. The average molecular weight is 861 g/mol. The maximum atomic E-state index is 14.2. The number of carbonyl (C=O) groups is 5. The van der Waals surface area contributed by atoms with E-state index in [-0.39, 0.29) is 37.6 Å². The molecular formula is C41H67Cl2N5O10. The van der Waals surface area contributed by atoms with Crippen LogP contribution in [0.5, 0.6) is 0 Å². The third-order valence-electron chi connectivity index (χ3n) is 12.0. The molecule has 1 heterocycles. The lowest BCUT2D eigenvalue weighted by atomic mass is 9.85. The minimum atomic E-state index is -1.38. The summed E-state index contributed by atoms with van der Waals surface area (Å²) in [5.41, 5.74) is 0. The number of carboxylic acid groups (broad SMARTS) is 1. The van der Waals surface area contributed by atoms with Crippen LogP contribution in [0.4, 0.5) is 0 Å². The number of alkyl halides is 2. The highest BCUT2D eigenvalue weighted by Gasteiger charge is 2.47. The molecule has 0 saturated heterocycles. The number of fused-ring (bicyclic) bond motifs is 1. The van der Waals surface area contributed by atoms with E-state index in [1.165, 1.54) is 63.8 Å². The second kappa shape index (κ2) is 25.1. The molecule has 0 aromatic carbocycles. The van der Waals surface area contributed by atoms with Crippen molar-refractivity contribution in [1.82, 2.24) is 15.6 Å². The summed E-state index contributed by atoms with van der Waals surface area (Å²) in [4.78, 5) is 75.6. The highest BCUT2D eigenvalue weighted by Crippen LogP contribution is 2.35. The third kappa shape index (κ3) is 15.1. The van der Waals surface area contributed by atoms with Crippen LogP contribution in [0, 0.1) is 11.8 Å². The van der Waals surface area contributed by atoms with Gasteiger partial charge < -0.3 is 25.2 Å². The molecule has 11 unspecified atom stereocenters. The minimum Gasteiger partial charge on any atom is -0.479 e. The van der Waals surface area contributed by atoms with Crippen LogP contribution >= 0.6 is 23.2 Å². The van der Waals surface area contributed by atoms with E-state index in [0.717, 1.165) is 44.9 Å². The molecule has 0 aromatic heterocycles. The van der Waals surface area contributed by atoms with Gasteiger partial charge in [-0.15, -0.1) is 23.2 Å². The molecule has 58 heavy (non-hydrogen) atoms. The van der Waals surface area contributed by atoms with Gasteiger partial charge in [0.1, 0.15) is 0 Å². The SMILES string of the molecule is CCCCCCCCCCCCOC(=O)C(C)OC(=O)C1CCC(Cl)C(NC(=O)C(C(=O)NC2CC(COOC(C)C(=O)O)CCC2Cl)N2N=NC3CCCCC32)C1. The second-order valence-electron chi connectivity index (χ2n) is 16.6. The molecule has 0 spiro atoms. The Labute approximate surface area is 353 Å². The average Bonchev–Trinajstić information content (AvgIpc) is 3.62. The van der Waals surface area contributed by atoms with Crippen LogP contribution in [0.25, 0.3) is 0 Å². The lowest BCUT2D eigenvalue weighted by Crippen LogP contribution is -2.61. The van der Waals surface area contributed by atoms with Gasteiger partial charge in [-0.3, -0.25) is 19.4 Å². The first-order chi connectivity index (χ1) is 27.9. The fraction of sp³-hybridized carbons (Fsp3) is 0.878. The first-order valence-electron chi connectivity index (χ1n) is 21.9. The highest BCUT2D eigenvalue weighted by molar-refractivity contribution is 6.21. The van der Waals surface area contributed by atoms with E-state index in [4.69, 9.17) is 47.6 Å². The Balaban J connectivity index is 1.29. The molecular weight excluding hydrogens is 793 g/mol. The number of nitrogens with one attached hydrogen (secondary N) is 2. The van der Waals surface area contributed by atoms with Gasteiger partial charge >= 0.3 is 17.9 Å². The lowest BCUT2D eigenvalue weighted by molar-refractivity contribution is -0.323. The summed E-state index contributed by atoms with van der Waals surface area (Å²) in [6, 6.07) is -2.90. The van der Waals surface area contributed by atoms with E-state index < -0.39 is 76.7 Å². The number of hydrogen-bond acceptors (Lipinski definition) is 12. The van der Waals surface area contributed by atoms with Crippen molar-refractivity contribution in [2.45, 2.75) is 202 Å². The molecule has 3 saturated carbocycles. The number of carboxylic acids is 1. The van der Waals surface area contributed by atoms with Crippen molar-refractivity contribution in [3.63, 3.8) is 0 Å². The molecule has 330 valence electrons. The van der Waals surface area contributed by atoms with Crippen LogP contribution in [0.1, 0.15) is 149 Å². The Hall–Kier alpha value is -2.75. The standard InChI is InChI=1S/C41H67Cl2N5O10/c1-4-5-6-7-8-9-10-11-12-15-22-55-40(53)27(3)57-41(54)29-19-21-31(43)34(24-29)45-38(50)36(48-35-17-14-13-16-32(35)46-47-48)37(49)44-33-23-28(18-20-30(33)42)25-56-58-26(2)39(51)52/h26-36H,4-25H2,1-3H3,(H,44,49)(H,45,50)(H,51,52). The zero-order valence-corrected chi connectivity index (χ0v) is 36.1. The number of aliphatic carboxylic acids is 1. The molecule has 2 amide bonds. The smallest absolute Gasteiger partial charge is 0.347 e. The van der Waals surface area contributed by atoms with Gasteiger partial charge in [-0.25, -0.2) is 19.4 Å². The van der Waals surface area contributed by atoms with E-state index in [1.807, 2.05) is 0 Å². The zero-order valence-electron chi connectivity index (χ0n) is 34.6. The van der Waals surface area contributed by atoms with Gasteiger partial charge in [0.05, 0.1) is 42.0 Å². The Kier molecular flexibility index (Phi) is 20.8. The number of hydrogen-bond donors (Lipinski definition) is 3. The number of esters is 2. The van der Waals surface area contributed by atoms with Gasteiger partial charge in [0, 0.05) is 12.1 Å². The van der Waals surface area contributed by atoms with Crippen molar-refractivity contribution in [2.75, 3.05) is 13.2 Å². The summed E-state index contributed by atoms with van der Waals surface area (Å²) in [7, 11) is 0. The fourth-order valence-corrected chi connectivity index (χ4v) is 8.93. The van der Waals surface area contributed by atoms with Crippen LogP contribution in [-0.2, 0) is 43.2 Å². The fourth-order valence-electron chi connectivity index (χ4n) is 8.35. The van der Waals surface area contributed by atoms with Gasteiger partial charge in [-0.2, -0.15) is 5.11 Å². The van der Waals surface area contributed by atoms with Crippen molar-refractivity contribution >= 4 is 52.9 Å². The summed E-state index contributed by atoms with van der Waals surface area (Å²) in [5.74, 6) is -4.21. The maximum Gasteiger partial charge on any atom is 0.347 e. The monoisotopic (exact) mass is 859 g/mol. The van der Waals surface area contributed by atoms with Crippen molar-refractivity contribution < 1.29 is 48.3 Å². The molecule has 3 aliphatic carbocycles. The Bertz CT molecular complexity index is 1360. The predicted octanol–water partition coefficient (Wildman–Crippen LogP) is 6.95. The van der Waals surface area contributed by atoms with Crippen LogP contribution in [0.2, 0.25) is 0 Å². The van der Waals surface area contributed by atoms with Gasteiger partial charge in [0.2, 0.25) is 6.04 Å². The van der Waals surface area contributed by atoms with Crippen molar-refractivity contribution in [2.24, 2.45) is 22.2 Å². The summed E-state index contributed by atoms with van der Waals surface area (Å²) in [5, 5.41) is 24.4. The molecule has 0 radical (unpaired) electrons. The number of rotatable bonds is 24. The molecule has 3 fully saturated rings. The van der Waals surface area contributed by atoms with Crippen LogP contribution in [0.15, 0.2) is 10.3 Å². The zero-order chi connectivity index (χ0) is 42.0. The topological polar surface area (TPSA) is 195 Å². The molecule has 15 nitrogen and oxygen atoms in total. The van der Waals surface area contributed by atoms with Gasteiger partial charge in [-0.1, -0.05) is 82.8 Å². The Morgan fingerprint density at radius 1 is 0.776 bits per heavy atom. The van der Waals surface area contributed by atoms with Crippen molar-refractivity contribution in [3.8, 4) is 0 Å². The number of halogens is 2. The number of amides is 2. The predicted molar refractivity (Wildman–Crippen MR) is 217 cm³/mol. The molecule has 17 heteroatoms. The first kappa shape index (κ1) is 47.9. The summed E-state index contributed by atoms with van der Waals surface area (Å²) < 4.78 is 10.9. The summed E-state index contributed by atoms with van der Waals surface area (Å²) in [6.07, 6.45) is 15.5. The van der Waals surface area contributed by atoms with Gasteiger partial charge in [0.25, 0.3) is 11.8 Å². The lowest BCUT2D eigenvalue weighted by Gasteiger charge is -2.38. The third-order valence-corrected chi connectivity index (χ3v) is 13.0. The van der Waals surface area contributed by atoms with Crippen molar-refractivity contribution in [1.29, 1.82) is 0 Å². The quantitative estimate of drug-likeness (QED) is 0.0227. The normalized spacial score (nSPS) is 28.5. The van der Waals surface area contributed by atoms with Gasteiger partial charge in [-0.05, 0) is 77.6 Å². The molecule has 1 aliphatic heterocycles.